The van der Waals surface area contributed by atoms with E-state index in [1.807, 2.05) is 6.92 Å². The number of benzene rings is 2. The maximum atomic E-state index is 13.2. The molecule has 0 spiro atoms. The molecule has 0 aliphatic carbocycles. The van der Waals surface area contributed by atoms with Crippen molar-refractivity contribution >= 4 is 46.6 Å². The second-order valence-electron chi connectivity index (χ2n) is 6.08. The van der Waals surface area contributed by atoms with Gasteiger partial charge in [-0.15, -0.1) is 10.2 Å². The Kier molecular flexibility index (Phi) is 7.00. The molecule has 1 N–H and O–H groups in total. The first kappa shape index (κ1) is 21.4. The van der Waals surface area contributed by atoms with Crippen LogP contribution in [0.4, 0.5) is 10.1 Å². The predicted molar refractivity (Wildman–Crippen MR) is 112 cm³/mol. The van der Waals surface area contributed by atoms with E-state index in [4.69, 9.17) is 27.9 Å². The van der Waals surface area contributed by atoms with Gasteiger partial charge in [-0.25, -0.2) is 4.39 Å². The topological polar surface area (TPSA) is 69.0 Å². The van der Waals surface area contributed by atoms with Crippen LogP contribution in [0, 0.1) is 5.82 Å². The van der Waals surface area contributed by atoms with E-state index in [-0.39, 0.29) is 22.8 Å². The van der Waals surface area contributed by atoms with Gasteiger partial charge in [0.05, 0.1) is 10.8 Å². The van der Waals surface area contributed by atoms with Gasteiger partial charge >= 0.3 is 0 Å². The lowest BCUT2D eigenvalue weighted by molar-refractivity contribution is -0.113. The van der Waals surface area contributed by atoms with Gasteiger partial charge in [-0.1, -0.05) is 41.0 Å². The van der Waals surface area contributed by atoms with Crippen molar-refractivity contribution in [3.63, 3.8) is 0 Å². The summed E-state index contributed by atoms with van der Waals surface area (Å²) >= 11 is 12.9. The second-order valence-corrected chi connectivity index (χ2v) is 7.87. The number of nitrogens with zero attached hydrogens (tertiary/aromatic N) is 3. The first-order chi connectivity index (χ1) is 13.8. The number of halogens is 3. The number of hydrogen-bond donors (Lipinski definition) is 1. The van der Waals surface area contributed by atoms with Crippen molar-refractivity contribution in [1.29, 1.82) is 0 Å². The van der Waals surface area contributed by atoms with Crippen molar-refractivity contribution in [3.8, 4) is 5.75 Å². The minimum atomic E-state index is -0.542. The van der Waals surface area contributed by atoms with E-state index in [9.17, 15) is 9.18 Å². The minimum Gasteiger partial charge on any atom is -0.483 e. The SMILES string of the molecule is CC(Oc1cccc(Cl)c1)c1nnc(SCC(=O)Nc2ccc(F)c(Cl)c2)n1C. The number of rotatable bonds is 7. The van der Waals surface area contributed by atoms with Crippen LogP contribution in [0.15, 0.2) is 47.6 Å². The van der Waals surface area contributed by atoms with Gasteiger partial charge in [0.1, 0.15) is 11.6 Å². The molecular weight excluding hydrogens is 438 g/mol. The Balaban J connectivity index is 1.58. The van der Waals surface area contributed by atoms with Crippen LogP contribution in [0.5, 0.6) is 5.75 Å². The Labute approximate surface area is 181 Å². The fraction of sp³-hybridized carbons (Fsp3) is 0.211. The van der Waals surface area contributed by atoms with Crippen molar-refractivity contribution < 1.29 is 13.9 Å². The van der Waals surface area contributed by atoms with Crippen LogP contribution in [0.1, 0.15) is 18.9 Å². The van der Waals surface area contributed by atoms with Gasteiger partial charge < -0.3 is 14.6 Å². The number of aromatic nitrogens is 3. The number of hydrogen-bond acceptors (Lipinski definition) is 5. The van der Waals surface area contributed by atoms with Crippen LogP contribution in [0.25, 0.3) is 0 Å². The summed E-state index contributed by atoms with van der Waals surface area (Å²) in [6.45, 7) is 1.85. The third kappa shape index (κ3) is 5.62. The Hall–Kier alpha value is -2.29. The van der Waals surface area contributed by atoms with Crippen LogP contribution >= 0.6 is 35.0 Å². The normalized spacial score (nSPS) is 11.9. The molecule has 0 saturated heterocycles. The molecule has 6 nitrogen and oxygen atoms in total. The summed E-state index contributed by atoms with van der Waals surface area (Å²) in [5.41, 5.74) is 0.421. The molecule has 2 aromatic carbocycles. The third-order valence-corrected chi connectivity index (χ3v) is 5.42. The molecule has 1 unspecified atom stereocenters. The quantitative estimate of drug-likeness (QED) is 0.501. The van der Waals surface area contributed by atoms with Crippen molar-refractivity contribution in [2.24, 2.45) is 7.05 Å². The predicted octanol–water partition coefficient (Wildman–Crippen LogP) is 5.13. The number of amides is 1. The molecule has 3 aromatic rings. The van der Waals surface area contributed by atoms with Gasteiger partial charge in [-0.2, -0.15) is 0 Å². The summed E-state index contributed by atoms with van der Waals surface area (Å²) in [6.07, 6.45) is -0.365. The molecule has 0 aliphatic rings. The number of ether oxygens (including phenoxy) is 1. The van der Waals surface area contributed by atoms with E-state index in [2.05, 4.69) is 15.5 Å². The monoisotopic (exact) mass is 454 g/mol. The lowest BCUT2D eigenvalue weighted by Gasteiger charge is -2.14. The van der Waals surface area contributed by atoms with Gasteiger partial charge in [-0.3, -0.25) is 4.79 Å². The molecule has 29 heavy (non-hydrogen) atoms. The van der Waals surface area contributed by atoms with Crippen molar-refractivity contribution in [2.75, 3.05) is 11.1 Å². The summed E-state index contributed by atoms with van der Waals surface area (Å²) in [5.74, 6) is 0.521. The van der Waals surface area contributed by atoms with Crippen molar-refractivity contribution in [3.05, 3.63) is 64.2 Å². The van der Waals surface area contributed by atoms with Gasteiger partial charge in [-0.05, 0) is 43.3 Å². The van der Waals surface area contributed by atoms with Crippen LogP contribution in [-0.4, -0.2) is 26.4 Å². The third-order valence-electron chi connectivity index (χ3n) is 3.88. The van der Waals surface area contributed by atoms with Crippen molar-refractivity contribution in [2.45, 2.75) is 18.2 Å². The van der Waals surface area contributed by atoms with Crippen molar-refractivity contribution in [1.82, 2.24) is 14.8 Å². The Morgan fingerprint density at radius 3 is 2.79 bits per heavy atom. The largest absolute Gasteiger partial charge is 0.483 e. The minimum absolute atomic E-state index is 0.0536. The van der Waals surface area contributed by atoms with E-state index in [0.717, 1.165) is 0 Å². The molecule has 3 rings (SSSR count). The van der Waals surface area contributed by atoms with Gasteiger partial charge in [0.25, 0.3) is 0 Å². The van der Waals surface area contributed by atoms with E-state index >= 15 is 0 Å². The molecule has 0 aliphatic heterocycles. The fourth-order valence-corrected chi connectivity index (χ4v) is 3.58. The number of thioether (sulfide) groups is 1. The number of nitrogens with one attached hydrogen (secondary N) is 1. The number of anilines is 1. The lowest BCUT2D eigenvalue weighted by atomic mass is 10.3. The molecule has 1 heterocycles. The highest BCUT2D eigenvalue weighted by Crippen LogP contribution is 2.25. The van der Waals surface area contributed by atoms with Gasteiger partial charge in [0.2, 0.25) is 5.91 Å². The maximum Gasteiger partial charge on any atom is 0.234 e. The zero-order valence-electron chi connectivity index (χ0n) is 15.5. The van der Waals surface area contributed by atoms with Crippen LogP contribution < -0.4 is 10.1 Å². The summed E-state index contributed by atoms with van der Waals surface area (Å²) in [6, 6.07) is 11.1. The van der Waals surface area contributed by atoms with E-state index in [1.165, 1.54) is 30.0 Å². The van der Waals surface area contributed by atoms with E-state index in [1.54, 1.807) is 35.9 Å². The molecule has 0 bridgehead atoms. The highest BCUT2D eigenvalue weighted by molar-refractivity contribution is 7.99. The standard InChI is InChI=1S/C19H17Cl2FN4O2S/c1-11(28-14-5-3-4-12(20)8-14)18-24-25-19(26(18)2)29-10-17(27)23-13-6-7-16(22)15(21)9-13/h3-9,11H,10H2,1-2H3,(H,23,27). The highest BCUT2D eigenvalue weighted by Gasteiger charge is 2.18. The summed E-state index contributed by atoms with van der Waals surface area (Å²) in [7, 11) is 1.80. The molecular formula is C19H17Cl2FN4O2S. The maximum absolute atomic E-state index is 13.2. The van der Waals surface area contributed by atoms with Crippen LogP contribution in [-0.2, 0) is 11.8 Å². The molecule has 0 saturated carbocycles. The Bertz CT molecular complexity index is 1030. The zero-order chi connectivity index (χ0) is 21.0. The van der Waals surface area contributed by atoms with Gasteiger partial charge in [0.15, 0.2) is 17.1 Å². The fourth-order valence-electron chi connectivity index (χ4n) is 2.50. The number of carbonyl (C=O) groups is 1. The molecule has 0 radical (unpaired) electrons. The smallest absolute Gasteiger partial charge is 0.234 e. The molecule has 1 atom stereocenters. The van der Waals surface area contributed by atoms with E-state index < -0.39 is 5.82 Å². The zero-order valence-corrected chi connectivity index (χ0v) is 17.9. The molecule has 0 fully saturated rings. The first-order valence-corrected chi connectivity index (χ1v) is 10.3. The first-order valence-electron chi connectivity index (χ1n) is 8.52. The average molecular weight is 455 g/mol. The second kappa shape index (κ2) is 9.47. The average Bonchev–Trinajstić information content (AvgIpc) is 3.04. The highest BCUT2D eigenvalue weighted by atomic mass is 35.5. The Morgan fingerprint density at radius 1 is 1.28 bits per heavy atom. The van der Waals surface area contributed by atoms with E-state index in [0.29, 0.717) is 27.4 Å². The van der Waals surface area contributed by atoms with Gasteiger partial charge in [0, 0.05) is 17.8 Å². The van der Waals surface area contributed by atoms with Crippen LogP contribution in [0.3, 0.4) is 0 Å². The van der Waals surface area contributed by atoms with Crippen LogP contribution in [0.2, 0.25) is 10.0 Å². The number of carbonyl (C=O) groups excluding carboxylic acids is 1. The summed E-state index contributed by atoms with van der Waals surface area (Å²) in [5, 5.41) is 12.0. The Morgan fingerprint density at radius 2 is 2.07 bits per heavy atom. The molecule has 152 valence electrons. The summed E-state index contributed by atoms with van der Waals surface area (Å²) < 4.78 is 20.8. The molecule has 1 aromatic heterocycles. The lowest BCUT2D eigenvalue weighted by Crippen LogP contribution is -2.15. The summed E-state index contributed by atoms with van der Waals surface area (Å²) in [4.78, 5) is 12.1. The molecule has 10 heteroatoms. The molecule has 1 amide bonds.